The van der Waals surface area contributed by atoms with Crippen molar-refractivity contribution >= 4 is 17.5 Å². The van der Waals surface area contributed by atoms with E-state index in [1.54, 1.807) is 0 Å². The smallest absolute Gasteiger partial charge is 0.254 e. The molecule has 1 aliphatic rings. The number of rotatable bonds is 4. The van der Waals surface area contributed by atoms with Gasteiger partial charge in [-0.3, -0.25) is 4.79 Å². The summed E-state index contributed by atoms with van der Waals surface area (Å²) >= 11 is 5.75. The Bertz CT molecular complexity index is 435. The van der Waals surface area contributed by atoms with Crippen molar-refractivity contribution in [3.8, 4) is 0 Å². The Morgan fingerprint density at radius 3 is 3.06 bits per heavy atom. The molecule has 92 valence electrons. The number of amides is 1. The Morgan fingerprint density at radius 2 is 2.41 bits per heavy atom. The molecule has 1 amide bonds. The Labute approximate surface area is 104 Å². The summed E-state index contributed by atoms with van der Waals surface area (Å²) in [6.07, 6.45) is 4.43. The van der Waals surface area contributed by atoms with Crippen molar-refractivity contribution in [3.63, 3.8) is 0 Å². The summed E-state index contributed by atoms with van der Waals surface area (Å²) in [5.74, 6) is -0.198. The number of carbonyl (C=O) groups is 1. The van der Waals surface area contributed by atoms with Crippen LogP contribution in [0, 0.1) is 11.7 Å². The van der Waals surface area contributed by atoms with Crippen molar-refractivity contribution in [3.05, 3.63) is 28.8 Å². The summed E-state index contributed by atoms with van der Waals surface area (Å²) in [5.41, 5.74) is 0.0920. The third kappa shape index (κ3) is 3.40. The van der Waals surface area contributed by atoms with E-state index < -0.39 is 5.82 Å². The van der Waals surface area contributed by atoms with E-state index in [0.717, 1.165) is 24.6 Å². The molecule has 0 saturated heterocycles. The maximum absolute atomic E-state index is 13.0. The van der Waals surface area contributed by atoms with Gasteiger partial charge in [0.1, 0.15) is 11.0 Å². The summed E-state index contributed by atoms with van der Waals surface area (Å²) in [7, 11) is 0. The molecular weight excluding hydrogens is 243 g/mol. The number of pyridine rings is 1. The molecule has 1 fully saturated rings. The molecule has 0 spiro atoms. The van der Waals surface area contributed by atoms with Crippen LogP contribution in [0.25, 0.3) is 0 Å². The van der Waals surface area contributed by atoms with Gasteiger partial charge in [0.25, 0.3) is 5.91 Å². The van der Waals surface area contributed by atoms with E-state index in [2.05, 4.69) is 10.3 Å². The van der Waals surface area contributed by atoms with Crippen LogP contribution >= 0.6 is 11.6 Å². The summed E-state index contributed by atoms with van der Waals surface area (Å²) in [6.45, 7) is 1.94. The SMILES string of the molecule is CC(CC1CC1)NC(=O)c1cc(F)cnc1Cl. The minimum atomic E-state index is -0.561. The molecule has 1 unspecified atom stereocenters. The normalized spacial score (nSPS) is 16.6. The molecule has 1 atom stereocenters. The predicted molar refractivity (Wildman–Crippen MR) is 63.5 cm³/mol. The minimum Gasteiger partial charge on any atom is -0.349 e. The first-order valence-electron chi connectivity index (χ1n) is 5.68. The number of aromatic nitrogens is 1. The Balaban J connectivity index is 2.00. The van der Waals surface area contributed by atoms with Crippen LogP contribution < -0.4 is 5.32 Å². The van der Waals surface area contributed by atoms with Crippen LogP contribution in [0.3, 0.4) is 0 Å². The first-order chi connectivity index (χ1) is 8.06. The molecule has 0 radical (unpaired) electrons. The van der Waals surface area contributed by atoms with Crippen LogP contribution in [0.15, 0.2) is 12.3 Å². The summed E-state index contributed by atoms with van der Waals surface area (Å²) in [5, 5.41) is 2.84. The second-order valence-electron chi connectivity index (χ2n) is 4.55. The third-order valence-electron chi connectivity index (χ3n) is 2.81. The van der Waals surface area contributed by atoms with Gasteiger partial charge in [0.15, 0.2) is 0 Å². The second kappa shape index (κ2) is 5.00. The number of carbonyl (C=O) groups excluding carboxylic acids is 1. The largest absolute Gasteiger partial charge is 0.349 e. The fraction of sp³-hybridized carbons (Fsp3) is 0.500. The number of hydrogen-bond acceptors (Lipinski definition) is 2. The molecule has 0 bridgehead atoms. The van der Waals surface area contributed by atoms with E-state index in [0.29, 0.717) is 0 Å². The highest BCUT2D eigenvalue weighted by atomic mass is 35.5. The standard InChI is InChI=1S/C12H14ClFN2O/c1-7(4-8-2-3-8)16-12(17)10-5-9(14)6-15-11(10)13/h5-8H,2-4H2,1H3,(H,16,17). The first-order valence-corrected chi connectivity index (χ1v) is 6.06. The average Bonchev–Trinajstić information content (AvgIpc) is 3.05. The van der Waals surface area contributed by atoms with Crippen molar-refractivity contribution in [2.45, 2.75) is 32.2 Å². The van der Waals surface area contributed by atoms with Crippen molar-refractivity contribution in [2.24, 2.45) is 5.92 Å². The van der Waals surface area contributed by atoms with E-state index in [-0.39, 0.29) is 22.7 Å². The molecule has 0 aliphatic heterocycles. The maximum Gasteiger partial charge on any atom is 0.254 e. The van der Waals surface area contributed by atoms with Gasteiger partial charge in [-0.15, -0.1) is 0 Å². The lowest BCUT2D eigenvalue weighted by Gasteiger charge is -2.13. The van der Waals surface area contributed by atoms with Crippen LogP contribution in [-0.2, 0) is 0 Å². The van der Waals surface area contributed by atoms with Gasteiger partial charge < -0.3 is 5.32 Å². The molecule has 1 heterocycles. The van der Waals surface area contributed by atoms with Crippen LogP contribution in [0.4, 0.5) is 4.39 Å². The third-order valence-corrected chi connectivity index (χ3v) is 3.11. The average molecular weight is 257 g/mol. The zero-order valence-corrected chi connectivity index (χ0v) is 10.3. The fourth-order valence-corrected chi connectivity index (χ4v) is 1.99. The lowest BCUT2D eigenvalue weighted by Crippen LogP contribution is -2.33. The summed E-state index contributed by atoms with van der Waals surface area (Å²) in [4.78, 5) is 15.4. The van der Waals surface area contributed by atoms with Crippen molar-refractivity contribution in [1.82, 2.24) is 10.3 Å². The molecular formula is C12H14ClFN2O. The monoisotopic (exact) mass is 256 g/mol. The Morgan fingerprint density at radius 1 is 1.71 bits per heavy atom. The molecule has 3 nitrogen and oxygen atoms in total. The molecule has 17 heavy (non-hydrogen) atoms. The lowest BCUT2D eigenvalue weighted by molar-refractivity contribution is 0.0936. The topological polar surface area (TPSA) is 42.0 Å². The molecule has 5 heteroatoms. The fourth-order valence-electron chi connectivity index (χ4n) is 1.80. The molecule has 1 N–H and O–H groups in total. The molecule has 1 aliphatic carbocycles. The van der Waals surface area contributed by atoms with Crippen LogP contribution in [-0.4, -0.2) is 16.9 Å². The number of hydrogen-bond donors (Lipinski definition) is 1. The summed E-state index contributed by atoms with van der Waals surface area (Å²) in [6, 6.07) is 1.18. The quantitative estimate of drug-likeness (QED) is 0.842. The van der Waals surface area contributed by atoms with Crippen molar-refractivity contribution < 1.29 is 9.18 Å². The van der Waals surface area contributed by atoms with Gasteiger partial charge in [-0.05, 0) is 25.3 Å². The lowest BCUT2D eigenvalue weighted by atomic mass is 10.1. The van der Waals surface area contributed by atoms with Gasteiger partial charge >= 0.3 is 0 Å². The van der Waals surface area contributed by atoms with Gasteiger partial charge in [-0.25, -0.2) is 9.37 Å². The minimum absolute atomic E-state index is 0.0301. The van der Waals surface area contributed by atoms with Gasteiger partial charge in [0, 0.05) is 6.04 Å². The van der Waals surface area contributed by atoms with Gasteiger partial charge in [-0.1, -0.05) is 24.4 Å². The van der Waals surface area contributed by atoms with Crippen LogP contribution in [0.2, 0.25) is 5.15 Å². The second-order valence-corrected chi connectivity index (χ2v) is 4.90. The van der Waals surface area contributed by atoms with E-state index in [1.165, 1.54) is 12.8 Å². The molecule has 1 aromatic heterocycles. The van der Waals surface area contributed by atoms with Gasteiger partial charge in [-0.2, -0.15) is 0 Å². The zero-order valence-electron chi connectivity index (χ0n) is 9.54. The highest BCUT2D eigenvalue weighted by Crippen LogP contribution is 2.33. The van der Waals surface area contributed by atoms with Crippen molar-refractivity contribution in [2.75, 3.05) is 0 Å². The van der Waals surface area contributed by atoms with Crippen molar-refractivity contribution in [1.29, 1.82) is 0 Å². The number of nitrogens with zero attached hydrogens (tertiary/aromatic N) is 1. The summed E-state index contributed by atoms with van der Waals surface area (Å²) < 4.78 is 13.0. The van der Waals surface area contributed by atoms with Gasteiger partial charge in [0.05, 0.1) is 11.8 Å². The zero-order chi connectivity index (χ0) is 12.4. The molecule has 1 saturated carbocycles. The van der Waals surface area contributed by atoms with E-state index in [9.17, 15) is 9.18 Å². The molecule has 2 rings (SSSR count). The molecule has 1 aromatic rings. The van der Waals surface area contributed by atoms with Crippen LogP contribution in [0.1, 0.15) is 36.5 Å². The number of nitrogens with one attached hydrogen (secondary N) is 1. The maximum atomic E-state index is 13.0. The van der Waals surface area contributed by atoms with E-state index in [1.807, 2.05) is 6.92 Å². The van der Waals surface area contributed by atoms with Gasteiger partial charge in [0.2, 0.25) is 0 Å². The molecule has 0 aromatic carbocycles. The van der Waals surface area contributed by atoms with E-state index in [4.69, 9.17) is 11.6 Å². The number of halogens is 2. The Kier molecular flexibility index (Phi) is 3.62. The van der Waals surface area contributed by atoms with Crippen LogP contribution in [0.5, 0.6) is 0 Å². The highest BCUT2D eigenvalue weighted by molar-refractivity contribution is 6.32. The highest BCUT2D eigenvalue weighted by Gasteiger charge is 2.24. The first kappa shape index (κ1) is 12.3. The Hall–Kier alpha value is -1.16. The predicted octanol–water partition coefficient (Wildman–Crippen LogP) is 2.79. The van der Waals surface area contributed by atoms with E-state index >= 15 is 0 Å².